The SMILES string of the molecule is Cc1ccc(NC(=S)Nc2ccc(Cl)cc2)c(O)c1. The van der Waals surface area contributed by atoms with Gasteiger partial charge in [-0.3, -0.25) is 0 Å². The molecule has 0 aromatic heterocycles. The van der Waals surface area contributed by atoms with Gasteiger partial charge in [0.25, 0.3) is 0 Å². The van der Waals surface area contributed by atoms with Crippen molar-refractivity contribution in [3.05, 3.63) is 53.1 Å². The van der Waals surface area contributed by atoms with Gasteiger partial charge >= 0.3 is 0 Å². The molecule has 0 radical (unpaired) electrons. The third kappa shape index (κ3) is 3.84. The Bertz CT molecular complexity index is 599. The van der Waals surface area contributed by atoms with E-state index in [4.69, 9.17) is 23.8 Å². The lowest BCUT2D eigenvalue weighted by Gasteiger charge is -2.12. The summed E-state index contributed by atoms with van der Waals surface area (Å²) in [4.78, 5) is 0. The third-order valence-electron chi connectivity index (χ3n) is 2.50. The summed E-state index contributed by atoms with van der Waals surface area (Å²) in [5, 5.41) is 16.8. The van der Waals surface area contributed by atoms with Crippen LogP contribution in [0.15, 0.2) is 42.5 Å². The third-order valence-corrected chi connectivity index (χ3v) is 2.96. The largest absolute Gasteiger partial charge is 0.506 e. The maximum atomic E-state index is 9.78. The number of rotatable bonds is 2. The van der Waals surface area contributed by atoms with Crippen LogP contribution in [0.2, 0.25) is 5.02 Å². The van der Waals surface area contributed by atoms with E-state index in [1.807, 2.05) is 25.1 Å². The number of hydrogen-bond donors (Lipinski definition) is 3. The van der Waals surface area contributed by atoms with E-state index in [-0.39, 0.29) is 5.75 Å². The highest BCUT2D eigenvalue weighted by Crippen LogP contribution is 2.24. The van der Waals surface area contributed by atoms with Crippen molar-refractivity contribution >= 4 is 40.3 Å². The fraction of sp³-hybridized carbons (Fsp3) is 0.0714. The molecule has 5 heteroatoms. The van der Waals surface area contributed by atoms with Crippen LogP contribution in [0, 0.1) is 6.92 Å². The van der Waals surface area contributed by atoms with Gasteiger partial charge in [-0.25, -0.2) is 0 Å². The van der Waals surface area contributed by atoms with Crippen molar-refractivity contribution in [2.24, 2.45) is 0 Å². The molecule has 2 aromatic carbocycles. The molecule has 0 aliphatic heterocycles. The number of thiocarbonyl (C=S) groups is 1. The van der Waals surface area contributed by atoms with E-state index >= 15 is 0 Å². The second-order valence-corrected chi connectivity index (χ2v) is 4.95. The van der Waals surface area contributed by atoms with Crippen molar-refractivity contribution in [3.8, 4) is 5.75 Å². The first-order valence-electron chi connectivity index (χ1n) is 5.68. The molecule has 0 bridgehead atoms. The highest BCUT2D eigenvalue weighted by atomic mass is 35.5. The molecule has 2 rings (SSSR count). The molecule has 98 valence electrons. The van der Waals surface area contributed by atoms with Crippen LogP contribution in [0.1, 0.15) is 5.56 Å². The number of benzene rings is 2. The molecule has 0 spiro atoms. The fourth-order valence-corrected chi connectivity index (χ4v) is 1.92. The molecule has 0 unspecified atom stereocenters. The molecule has 0 saturated heterocycles. The molecule has 0 aliphatic carbocycles. The molecule has 0 atom stereocenters. The van der Waals surface area contributed by atoms with E-state index in [0.717, 1.165) is 11.3 Å². The van der Waals surface area contributed by atoms with Crippen LogP contribution in [0.4, 0.5) is 11.4 Å². The van der Waals surface area contributed by atoms with Crippen molar-refractivity contribution in [2.45, 2.75) is 6.92 Å². The number of phenolic OH excluding ortho intramolecular Hbond substituents is 1. The van der Waals surface area contributed by atoms with E-state index < -0.39 is 0 Å². The fourth-order valence-electron chi connectivity index (χ4n) is 1.57. The molecule has 0 aliphatic rings. The average Bonchev–Trinajstić information content (AvgIpc) is 2.36. The number of aryl methyl sites for hydroxylation is 1. The topological polar surface area (TPSA) is 44.3 Å². The molecule has 0 heterocycles. The van der Waals surface area contributed by atoms with Crippen molar-refractivity contribution < 1.29 is 5.11 Å². The first kappa shape index (κ1) is 13.6. The van der Waals surface area contributed by atoms with Crippen molar-refractivity contribution in [1.82, 2.24) is 0 Å². The van der Waals surface area contributed by atoms with Gasteiger partial charge in [-0.05, 0) is 61.1 Å². The second kappa shape index (κ2) is 5.91. The minimum Gasteiger partial charge on any atom is -0.506 e. The van der Waals surface area contributed by atoms with Gasteiger partial charge in [0.15, 0.2) is 5.11 Å². The average molecular weight is 293 g/mol. The van der Waals surface area contributed by atoms with Gasteiger partial charge in [0.2, 0.25) is 0 Å². The van der Waals surface area contributed by atoms with E-state index in [2.05, 4.69) is 10.6 Å². The van der Waals surface area contributed by atoms with Crippen molar-refractivity contribution in [2.75, 3.05) is 10.6 Å². The van der Waals surface area contributed by atoms with Crippen molar-refractivity contribution in [3.63, 3.8) is 0 Å². The Balaban J connectivity index is 2.03. The first-order chi connectivity index (χ1) is 9.04. The highest BCUT2D eigenvalue weighted by Gasteiger charge is 2.03. The van der Waals surface area contributed by atoms with Crippen LogP contribution < -0.4 is 10.6 Å². The standard InChI is InChI=1S/C14H13ClN2OS/c1-9-2-7-12(13(18)8-9)17-14(19)16-11-5-3-10(15)4-6-11/h2-8,18H,1H3,(H2,16,17,19). The molecule has 0 amide bonds. The maximum Gasteiger partial charge on any atom is 0.175 e. The van der Waals surface area contributed by atoms with Crippen LogP contribution in [-0.4, -0.2) is 10.2 Å². The summed E-state index contributed by atoms with van der Waals surface area (Å²) in [6.45, 7) is 1.91. The molecule has 3 N–H and O–H groups in total. The molecular weight excluding hydrogens is 280 g/mol. The second-order valence-electron chi connectivity index (χ2n) is 4.11. The van der Waals surface area contributed by atoms with Gasteiger partial charge in [0.05, 0.1) is 5.69 Å². The predicted molar refractivity (Wildman–Crippen MR) is 84.1 cm³/mol. The normalized spacial score (nSPS) is 10.0. The quantitative estimate of drug-likeness (QED) is 0.574. The summed E-state index contributed by atoms with van der Waals surface area (Å²) in [6, 6.07) is 12.5. The summed E-state index contributed by atoms with van der Waals surface area (Å²) in [6.07, 6.45) is 0. The number of aromatic hydroxyl groups is 1. The Morgan fingerprint density at radius 3 is 2.42 bits per heavy atom. The van der Waals surface area contributed by atoms with Gasteiger partial charge in [0, 0.05) is 10.7 Å². The summed E-state index contributed by atoms with van der Waals surface area (Å²) < 4.78 is 0. The number of hydrogen-bond acceptors (Lipinski definition) is 2. The number of halogens is 1. The van der Waals surface area contributed by atoms with Gasteiger partial charge in [0.1, 0.15) is 5.75 Å². The van der Waals surface area contributed by atoms with Crippen LogP contribution in [0.5, 0.6) is 5.75 Å². The van der Waals surface area contributed by atoms with E-state index in [0.29, 0.717) is 15.8 Å². The van der Waals surface area contributed by atoms with E-state index in [1.165, 1.54) is 0 Å². The number of nitrogens with one attached hydrogen (secondary N) is 2. The van der Waals surface area contributed by atoms with Crippen molar-refractivity contribution in [1.29, 1.82) is 0 Å². The van der Waals surface area contributed by atoms with Gasteiger partial charge in [-0.1, -0.05) is 17.7 Å². The van der Waals surface area contributed by atoms with Crippen LogP contribution in [0.3, 0.4) is 0 Å². The van der Waals surface area contributed by atoms with Gasteiger partial charge < -0.3 is 15.7 Å². The number of anilines is 2. The zero-order chi connectivity index (χ0) is 13.8. The lowest BCUT2D eigenvalue weighted by Crippen LogP contribution is -2.19. The Morgan fingerprint density at radius 1 is 1.11 bits per heavy atom. The van der Waals surface area contributed by atoms with E-state index in [1.54, 1.807) is 24.3 Å². The summed E-state index contributed by atoms with van der Waals surface area (Å²) in [7, 11) is 0. The molecule has 2 aromatic rings. The lowest BCUT2D eigenvalue weighted by molar-refractivity contribution is 0.477. The Morgan fingerprint density at radius 2 is 1.79 bits per heavy atom. The predicted octanol–water partition coefficient (Wildman–Crippen LogP) is 4.16. The molecule has 19 heavy (non-hydrogen) atoms. The first-order valence-corrected chi connectivity index (χ1v) is 6.46. The smallest absolute Gasteiger partial charge is 0.175 e. The molecule has 3 nitrogen and oxygen atoms in total. The molecule has 0 fully saturated rings. The van der Waals surface area contributed by atoms with Gasteiger partial charge in [-0.2, -0.15) is 0 Å². The van der Waals surface area contributed by atoms with E-state index in [9.17, 15) is 5.11 Å². The zero-order valence-corrected chi connectivity index (χ0v) is 11.8. The maximum absolute atomic E-state index is 9.78. The highest BCUT2D eigenvalue weighted by molar-refractivity contribution is 7.80. The van der Waals surface area contributed by atoms with Gasteiger partial charge in [-0.15, -0.1) is 0 Å². The lowest BCUT2D eigenvalue weighted by atomic mass is 10.2. The van der Waals surface area contributed by atoms with Crippen LogP contribution in [-0.2, 0) is 0 Å². The number of phenols is 1. The monoisotopic (exact) mass is 292 g/mol. The molecule has 0 saturated carbocycles. The van der Waals surface area contributed by atoms with Crippen LogP contribution in [0.25, 0.3) is 0 Å². The zero-order valence-electron chi connectivity index (χ0n) is 10.3. The van der Waals surface area contributed by atoms with Crippen LogP contribution >= 0.6 is 23.8 Å². The summed E-state index contributed by atoms with van der Waals surface area (Å²) >= 11 is 11.0. The minimum absolute atomic E-state index is 0.167. The molecular formula is C14H13ClN2OS. The Hall–Kier alpha value is -1.78. The minimum atomic E-state index is 0.167. The summed E-state index contributed by atoms with van der Waals surface area (Å²) in [5.74, 6) is 0.167. The summed E-state index contributed by atoms with van der Waals surface area (Å²) in [5.41, 5.74) is 2.38. The Kier molecular flexibility index (Phi) is 4.24. The Labute approximate surface area is 122 Å².